The molecule has 0 rings (SSSR count). The summed E-state index contributed by atoms with van der Waals surface area (Å²) >= 11 is 0. The molecule has 58 valence electrons. The number of aliphatic carboxylic acids is 1. The number of rotatable bonds is 4. The van der Waals surface area contributed by atoms with Gasteiger partial charge in [0, 0.05) is 0 Å². The first kappa shape index (κ1) is 13.3. The molecule has 0 aliphatic carbocycles. The van der Waals surface area contributed by atoms with E-state index in [0.29, 0.717) is 19.4 Å². The van der Waals surface area contributed by atoms with Crippen LogP contribution in [-0.4, -0.2) is 61.4 Å². The van der Waals surface area contributed by atoms with E-state index in [-0.39, 0.29) is 40.6 Å². The molecule has 0 aromatic carbocycles. The average Bonchev–Trinajstić information content (AvgIpc) is 1.82. The molecule has 0 saturated carbocycles. The van der Waals surface area contributed by atoms with Crippen molar-refractivity contribution in [2.24, 2.45) is 11.5 Å². The second kappa shape index (κ2) is 7.75. The fourth-order valence-corrected chi connectivity index (χ4v) is 0.461. The molecule has 0 unspecified atom stereocenters. The summed E-state index contributed by atoms with van der Waals surface area (Å²) in [4.78, 5) is 10.0. The SMILES string of the molecule is NCCC[C@@H](N)C(=O)O.[Ca+2].[H-].[H-]. The van der Waals surface area contributed by atoms with Crippen LogP contribution in [0.1, 0.15) is 15.7 Å². The molecule has 0 bridgehead atoms. The van der Waals surface area contributed by atoms with Crippen LogP contribution in [0.4, 0.5) is 0 Å². The van der Waals surface area contributed by atoms with Crippen LogP contribution in [0.25, 0.3) is 0 Å². The van der Waals surface area contributed by atoms with Crippen LogP contribution < -0.4 is 11.5 Å². The van der Waals surface area contributed by atoms with Crippen LogP contribution in [0, 0.1) is 0 Å². The Morgan fingerprint density at radius 1 is 1.70 bits per heavy atom. The third-order valence-corrected chi connectivity index (χ3v) is 1.04. The molecule has 4 nitrogen and oxygen atoms in total. The van der Waals surface area contributed by atoms with Gasteiger partial charge in [-0.05, 0) is 19.4 Å². The molecule has 0 fully saturated rings. The Morgan fingerprint density at radius 2 is 2.20 bits per heavy atom. The van der Waals surface area contributed by atoms with Gasteiger partial charge in [0.15, 0.2) is 0 Å². The van der Waals surface area contributed by atoms with Gasteiger partial charge in [0.2, 0.25) is 0 Å². The third-order valence-electron chi connectivity index (χ3n) is 1.04. The zero-order valence-electron chi connectivity index (χ0n) is 7.92. The van der Waals surface area contributed by atoms with Gasteiger partial charge in [-0.3, -0.25) is 4.79 Å². The molecular formula is C5H14CaN2O2. The smallest absolute Gasteiger partial charge is 1.00 e. The topological polar surface area (TPSA) is 89.3 Å². The Hall–Kier alpha value is 0.650. The first-order valence-electron chi connectivity index (χ1n) is 2.87. The van der Waals surface area contributed by atoms with Crippen molar-refractivity contribution in [2.45, 2.75) is 18.9 Å². The summed E-state index contributed by atoms with van der Waals surface area (Å²) in [7, 11) is 0. The molecule has 0 saturated heterocycles. The minimum atomic E-state index is -0.955. The monoisotopic (exact) mass is 174 g/mol. The minimum absolute atomic E-state index is 0. The fraction of sp³-hybridized carbons (Fsp3) is 0.800. The van der Waals surface area contributed by atoms with Crippen LogP contribution in [-0.2, 0) is 4.79 Å². The molecule has 0 aromatic heterocycles. The maximum Gasteiger partial charge on any atom is 2.00 e. The van der Waals surface area contributed by atoms with Crippen molar-refractivity contribution in [1.29, 1.82) is 0 Å². The fourth-order valence-electron chi connectivity index (χ4n) is 0.461. The largest absolute Gasteiger partial charge is 2.00 e. The summed E-state index contributed by atoms with van der Waals surface area (Å²) in [5, 5.41) is 8.24. The first-order chi connectivity index (χ1) is 4.18. The molecule has 0 radical (unpaired) electrons. The second-order valence-corrected chi connectivity index (χ2v) is 1.88. The molecule has 0 amide bonds. The average molecular weight is 174 g/mol. The van der Waals surface area contributed by atoms with E-state index in [9.17, 15) is 4.79 Å². The number of hydrogen-bond donors (Lipinski definition) is 3. The molecule has 1 atom stereocenters. The second-order valence-electron chi connectivity index (χ2n) is 1.88. The van der Waals surface area contributed by atoms with Crippen LogP contribution in [0.3, 0.4) is 0 Å². The Labute approximate surface area is 92.9 Å². The normalized spacial score (nSPS) is 11.8. The summed E-state index contributed by atoms with van der Waals surface area (Å²) in [6, 6.07) is -0.742. The maximum atomic E-state index is 10.0. The predicted molar refractivity (Wildman–Crippen MR) is 41.9 cm³/mol. The molecule has 0 heterocycles. The van der Waals surface area contributed by atoms with Crippen molar-refractivity contribution in [3.8, 4) is 0 Å². The summed E-state index contributed by atoms with van der Waals surface area (Å²) in [5.74, 6) is -0.955. The Kier molecular flexibility index (Phi) is 10.3. The van der Waals surface area contributed by atoms with Gasteiger partial charge < -0.3 is 19.4 Å². The summed E-state index contributed by atoms with van der Waals surface area (Å²) < 4.78 is 0. The molecule has 5 N–H and O–H groups in total. The Bertz CT molecular complexity index is 107. The van der Waals surface area contributed by atoms with E-state index in [1.54, 1.807) is 0 Å². The Balaban J connectivity index is -0.000000107. The number of nitrogens with two attached hydrogens (primary N) is 2. The van der Waals surface area contributed by atoms with Crippen LogP contribution in [0.2, 0.25) is 0 Å². The zero-order chi connectivity index (χ0) is 7.28. The number of carboxylic acid groups (broad SMARTS) is 1. The standard InChI is InChI=1S/C5H12N2O2.Ca.2H/c6-3-1-2-4(7)5(8)9;;;/h4H,1-3,6-7H2,(H,8,9);;;/q;+2;2*-1/t4-;;;/m1.../s1. The Morgan fingerprint density at radius 3 is 2.50 bits per heavy atom. The van der Waals surface area contributed by atoms with Gasteiger partial charge in [0.1, 0.15) is 6.04 Å². The third kappa shape index (κ3) is 6.77. The minimum Gasteiger partial charge on any atom is -1.00 e. The van der Waals surface area contributed by atoms with E-state index in [1.165, 1.54) is 0 Å². The number of carboxylic acids is 1. The van der Waals surface area contributed by atoms with Gasteiger partial charge in [-0.15, -0.1) is 0 Å². The van der Waals surface area contributed by atoms with Crippen molar-refractivity contribution in [3.05, 3.63) is 0 Å². The van der Waals surface area contributed by atoms with Crippen molar-refractivity contribution in [1.82, 2.24) is 0 Å². The van der Waals surface area contributed by atoms with Crippen molar-refractivity contribution in [3.63, 3.8) is 0 Å². The van der Waals surface area contributed by atoms with E-state index < -0.39 is 12.0 Å². The van der Waals surface area contributed by atoms with Crippen molar-refractivity contribution in [2.75, 3.05) is 6.54 Å². The number of hydrogen-bond acceptors (Lipinski definition) is 3. The molecule has 10 heavy (non-hydrogen) atoms. The molecule has 0 aliphatic rings. The maximum absolute atomic E-state index is 10.0. The van der Waals surface area contributed by atoms with Crippen molar-refractivity contribution < 1.29 is 12.8 Å². The van der Waals surface area contributed by atoms with E-state index in [4.69, 9.17) is 16.6 Å². The van der Waals surface area contributed by atoms with Gasteiger partial charge >= 0.3 is 43.7 Å². The van der Waals surface area contributed by atoms with Gasteiger partial charge in [-0.2, -0.15) is 0 Å². The zero-order valence-corrected chi connectivity index (χ0v) is 8.12. The quantitative estimate of drug-likeness (QED) is 0.476. The van der Waals surface area contributed by atoms with E-state index >= 15 is 0 Å². The summed E-state index contributed by atoms with van der Waals surface area (Å²) in [6.07, 6.45) is 1.14. The van der Waals surface area contributed by atoms with Crippen LogP contribution in [0.5, 0.6) is 0 Å². The van der Waals surface area contributed by atoms with Gasteiger partial charge in [-0.1, -0.05) is 0 Å². The van der Waals surface area contributed by atoms with Crippen LogP contribution >= 0.6 is 0 Å². The molecule has 5 heteroatoms. The van der Waals surface area contributed by atoms with E-state index in [0.717, 1.165) is 0 Å². The van der Waals surface area contributed by atoms with Crippen molar-refractivity contribution >= 4 is 43.7 Å². The van der Waals surface area contributed by atoms with E-state index in [1.807, 2.05) is 0 Å². The molecular weight excluding hydrogens is 160 g/mol. The van der Waals surface area contributed by atoms with Crippen LogP contribution in [0.15, 0.2) is 0 Å². The predicted octanol–water partition coefficient (Wildman–Crippen LogP) is -1.02. The van der Waals surface area contributed by atoms with Gasteiger partial charge in [0.05, 0.1) is 0 Å². The molecule has 0 spiro atoms. The first-order valence-corrected chi connectivity index (χ1v) is 2.87. The number of carbonyl (C=O) groups is 1. The summed E-state index contributed by atoms with van der Waals surface area (Å²) in [6.45, 7) is 0.501. The molecule has 0 aliphatic heterocycles. The summed E-state index contributed by atoms with van der Waals surface area (Å²) in [5.41, 5.74) is 10.3. The molecule has 0 aromatic rings. The van der Waals surface area contributed by atoms with Gasteiger partial charge in [0.25, 0.3) is 0 Å². The van der Waals surface area contributed by atoms with Gasteiger partial charge in [-0.25, -0.2) is 0 Å². The van der Waals surface area contributed by atoms with E-state index in [2.05, 4.69) is 0 Å².